The fourth-order valence-corrected chi connectivity index (χ4v) is 1.86. The van der Waals surface area contributed by atoms with Crippen molar-refractivity contribution >= 4 is 17.5 Å². The summed E-state index contributed by atoms with van der Waals surface area (Å²) in [6.45, 7) is 6.94. The molecule has 0 unspecified atom stereocenters. The van der Waals surface area contributed by atoms with Crippen LogP contribution in [-0.4, -0.2) is 21.4 Å². The molecule has 116 valence electrons. The number of anilines is 1. The van der Waals surface area contributed by atoms with Crippen LogP contribution in [0, 0.1) is 19.3 Å². The van der Waals surface area contributed by atoms with Crippen molar-refractivity contribution in [3.8, 4) is 5.69 Å². The molecule has 0 aliphatic heterocycles. The first-order valence-corrected chi connectivity index (χ1v) is 6.96. The molecule has 2 aromatic rings. The fraction of sp³-hybridized carbons (Fsp3) is 0.312. The molecular weight excluding hydrogens is 280 g/mol. The van der Waals surface area contributed by atoms with E-state index >= 15 is 0 Å². The van der Waals surface area contributed by atoms with E-state index in [9.17, 15) is 9.59 Å². The Morgan fingerprint density at radius 2 is 1.77 bits per heavy atom. The average molecular weight is 300 g/mol. The lowest BCUT2D eigenvalue weighted by Gasteiger charge is -2.19. The highest BCUT2D eigenvalue weighted by molar-refractivity contribution is 6.09. The molecule has 0 bridgehead atoms. The molecule has 0 aliphatic rings. The van der Waals surface area contributed by atoms with Crippen molar-refractivity contribution in [3.05, 3.63) is 42.0 Å². The molecule has 2 rings (SSSR count). The number of rotatable bonds is 4. The smallest absolute Gasteiger partial charge is 0.239 e. The van der Waals surface area contributed by atoms with Gasteiger partial charge in [0.15, 0.2) is 0 Å². The van der Waals surface area contributed by atoms with Crippen molar-refractivity contribution in [2.24, 2.45) is 11.1 Å². The second-order valence-corrected chi connectivity index (χ2v) is 5.78. The first kappa shape index (κ1) is 15.8. The molecule has 6 heteroatoms. The van der Waals surface area contributed by atoms with Crippen LogP contribution in [0.3, 0.4) is 0 Å². The molecule has 3 N–H and O–H groups in total. The van der Waals surface area contributed by atoms with E-state index in [1.165, 1.54) is 13.8 Å². The van der Waals surface area contributed by atoms with Crippen LogP contribution in [-0.2, 0) is 9.59 Å². The Labute approximate surface area is 129 Å². The molecule has 0 saturated heterocycles. The Hall–Kier alpha value is -2.63. The Morgan fingerprint density at radius 1 is 1.18 bits per heavy atom. The van der Waals surface area contributed by atoms with Gasteiger partial charge in [-0.05, 0) is 52.0 Å². The molecule has 0 saturated carbocycles. The first-order chi connectivity index (χ1) is 10.2. The number of primary amides is 1. The SMILES string of the molecule is Cc1ncn(-c2ccc(NC(=O)C(C)(C)C(N)=O)cc2)c1C. The monoisotopic (exact) mass is 300 g/mol. The number of hydrogen-bond acceptors (Lipinski definition) is 3. The number of aryl methyl sites for hydroxylation is 1. The normalized spacial score (nSPS) is 11.3. The number of nitrogens with zero attached hydrogens (tertiary/aromatic N) is 2. The maximum atomic E-state index is 12.1. The van der Waals surface area contributed by atoms with Crippen LogP contribution >= 0.6 is 0 Å². The van der Waals surface area contributed by atoms with Gasteiger partial charge < -0.3 is 15.6 Å². The molecule has 0 aliphatic carbocycles. The summed E-state index contributed by atoms with van der Waals surface area (Å²) in [7, 11) is 0. The van der Waals surface area contributed by atoms with Crippen LogP contribution in [0.25, 0.3) is 5.69 Å². The Balaban J connectivity index is 2.18. The zero-order valence-electron chi connectivity index (χ0n) is 13.2. The van der Waals surface area contributed by atoms with E-state index in [0.717, 1.165) is 17.1 Å². The fourth-order valence-electron chi connectivity index (χ4n) is 1.86. The lowest BCUT2D eigenvalue weighted by atomic mass is 9.91. The van der Waals surface area contributed by atoms with Gasteiger partial charge in [-0.15, -0.1) is 0 Å². The molecule has 2 amide bonds. The van der Waals surface area contributed by atoms with Gasteiger partial charge in [-0.2, -0.15) is 0 Å². The molecule has 1 aromatic carbocycles. The largest absolute Gasteiger partial charge is 0.369 e. The summed E-state index contributed by atoms with van der Waals surface area (Å²) in [5.74, 6) is -1.09. The third kappa shape index (κ3) is 2.86. The molecule has 0 atom stereocenters. The van der Waals surface area contributed by atoms with Crippen LogP contribution in [0.1, 0.15) is 25.2 Å². The quantitative estimate of drug-likeness (QED) is 0.845. The standard InChI is InChI=1S/C16H20N4O2/c1-10-11(2)20(9-18-10)13-7-5-12(6-8-13)19-15(22)16(3,4)14(17)21/h5-9H,1-4H3,(H2,17,21)(H,19,22). The summed E-state index contributed by atoms with van der Waals surface area (Å²) in [5.41, 5.74) is 7.57. The number of nitrogens with two attached hydrogens (primary N) is 1. The van der Waals surface area contributed by atoms with Gasteiger partial charge in [0, 0.05) is 17.1 Å². The van der Waals surface area contributed by atoms with Crippen molar-refractivity contribution < 1.29 is 9.59 Å². The van der Waals surface area contributed by atoms with Gasteiger partial charge in [-0.3, -0.25) is 9.59 Å². The lowest BCUT2D eigenvalue weighted by molar-refractivity contribution is -0.136. The van der Waals surface area contributed by atoms with Crippen LogP contribution < -0.4 is 11.1 Å². The highest BCUT2D eigenvalue weighted by Crippen LogP contribution is 2.20. The molecule has 0 radical (unpaired) electrons. The third-order valence-electron chi connectivity index (χ3n) is 3.84. The van der Waals surface area contributed by atoms with Crippen LogP contribution in [0.5, 0.6) is 0 Å². The number of aromatic nitrogens is 2. The minimum atomic E-state index is -1.25. The Morgan fingerprint density at radius 3 is 2.23 bits per heavy atom. The number of nitrogens with one attached hydrogen (secondary N) is 1. The van der Waals surface area contributed by atoms with E-state index in [0.29, 0.717) is 5.69 Å². The molecule has 1 aromatic heterocycles. The van der Waals surface area contributed by atoms with Gasteiger partial charge >= 0.3 is 0 Å². The maximum absolute atomic E-state index is 12.1. The first-order valence-electron chi connectivity index (χ1n) is 6.96. The van der Waals surface area contributed by atoms with E-state index < -0.39 is 17.2 Å². The van der Waals surface area contributed by atoms with E-state index in [2.05, 4.69) is 10.3 Å². The zero-order valence-corrected chi connectivity index (χ0v) is 13.2. The third-order valence-corrected chi connectivity index (χ3v) is 3.84. The molecule has 1 heterocycles. The van der Waals surface area contributed by atoms with Gasteiger partial charge in [-0.1, -0.05) is 0 Å². The van der Waals surface area contributed by atoms with Crippen molar-refractivity contribution in [2.45, 2.75) is 27.7 Å². The second kappa shape index (κ2) is 5.63. The predicted octanol–water partition coefficient (Wildman–Crippen LogP) is 1.94. The molecular formula is C16H20N4O2. The van der Waals surface area contributed by atoms with Crippen LogP contribution in [0.4, 0.5) is 5.69 Å². The van der Waals surface area contributed by atoms with Crippen molar-refractivity contribution in [2.75, 3.05) is 5.32 Å². The van der Waals surface area contributed by atoms with E-state index in [-0.39, 0.29) is 0 Å². The van der Waals surface area contributed by atoms with Gasteiger partial charge in [-0.25, -0.2) is 4.98 Å². The van der Waals surface area contributed by atoms with Crippen LogP contribution in [0.15, 0.2) is 30.6 Å². The molecule has 0 spiro atoms. The highest BCUT2D eigenvalue weighted by Gasteiger charge is 2.33. The predicted molar refractivity (Wildman–Crippen MR) is 84.6 cm³/mol. The van der Waals surface area contributed by atoms with Crippen molar-refractivity contribution in [1.29, 1.82) is 0 Å². The molecule has 22 heavy (non-hydrogen) atoms. The lowest BCUT2D eigenvalue weighted by Crippen LogP contribution is -2.42. The highest BCUT2D eigenvalue weighted by atomic mass is 16.2. The maximum Gasteiger partial charge on any atom is 0.239 e. The van der Waals surface area contributed by atoms with E-state index in [1.807, 2.05) is 30.5 Å². The van der Waals surface area contributed by atoms with Gasteiger partial charge in [0.1, 0.15) is 5.41 Å². The van der Waals surface area contributed by atoms with Gasteiger partial charge in [0.05, 0.1) is 12.0 Å². The number of benzene rings is 1. The average Bonchev–Trinajstić information content (AvgIpc) is 2.79. The summed E-state index contributed by atoms with van der Waals surface area (Å²) in [5, 5.41) is 2.70. The number of imidazole rings is 1. The Bertz CT molecular complexity index is 714. The minimum Gasteiger partial charge on any atom is -0.369 e. The van der Waals surface area contributed by atoms with E-state index in [1.54, 1.807) is 18.5 Å². The molecule has 0 fully saturated rings. The van der Waals surface area contributed by atoms with Crippen molar-refractivity contribution in [1.82, 2.24) is 9.55 Å². The molecule has 6 nitrogen and oxygen atoms in total. The zero-order chi connectivity index (χ0) is 16.5. The topological polar surface area (TPSA) is 90.0 Å². The Kier molecular flexibility index (Phi) is 4.03. The summed E-state index contributed by atoms with van der Waals surface area (Å²) in [6.07, 6.45) is 1.76. The van der Waals surface area contributed by atoms with Gasteiger partial charge in [0.25, 0.3) is 0 Å². The second-order valence-electron chi connectivity index (χ2n) is 5.78. The number of carbonyl (C=O) groups is 2. The van der Waals surface area contributed by atoms with Crippen molar-refractivity contribution in [3.63, 3.8) is 0 Å². The summed E-state index contributed by atoms with van der Waals surface area (Å²) in [6, 6.07) is 7.31. The van der Waals surface area contributed by atoms with Gasteiger partial charge in [0.2, 0.25) is 11.8 Å². The van der Waals surface area contributed by atoms with Crippen LogP contribution in [0.2, 0.25) is 0 Å². The summed E-state index contributed by atoms with van der Waals surface area (Å²) < 4.78 is 1.97. The van der Waals surface area contributed by atoms with E-state index in [4.69, 9.17) is 5.73 Å². The minimum absolute atomic E-state index is 0.428. The summed E-state index contributed by atoms with van der Waals surface area (Å²) in [4.78, 5) is 27.6. The summed E-state index contributed by atoms with van der Waals surface area (Å²) >= 11 is 0. The number of hydrogen-bond donors (Lipinski definition) is 2. The number of carbonyl (C=O) groups excluding carboxylic acids is 2. The number of amides is 2.